The predicted molar refractivity (Wildman–Crippen MR) is 96.8 cm³/mol. The maximum Gasteiger partial charge on any atom is 0.252 e. The summed E-state index contributed by atoms with van der Waals surface area (Å²) in [4.78, 5) is 25.1. The van der Waals surface area contributed by atoms with Crippen LogP contribution >= 0.6 is 0 Å². The number of carbonyl (C=O) groups excluding carboxylic acids is 2. The molecule has 26 heavy (non-hydrogen) atoms. The average Bonchev–Trinajstić information content (AvgIpc) is 3.49. The highest BCUT2D eigenvalue weighted by Gasteiger charge is 2.21. The Morgan fingerprint density at radius 2 is 1.73 bits per heavy atom. The summed E-state index contributed by atoms with van der Waals surface area (Å²) >= 11 is 0. The molecule has 0 bridgehead atoms. The van der Waals surface area contributed by atoms with Crippen LogP contribution < -0.4 is 5.32 Å². The molecule has 3 rings (SSSR count). The highest BCUT2D eigenvalue weighted by atomic mass is 19.1. The maximum absolute atomic E-state index is 13.0. The van der Waals surface area contributed by atoms with Gasteiger partial charge in [-0.2, -0.15) is 0 Å². The molecule has 0 radical (unpaired) electrons. The molecule has 4 nitrogen and oxygen atoms in total. The summed E-state index contributed by atoms with van der Waals surface area (Å²) in [5, 5.41) is 2.83. The molecule has 0 unspecified atom stereocenters. The Labute approximate surface area is 152 Å². The Kier molecular flexibility index (Phi) is 6.12. The van der Waals surface area contributed by atoms with Gasteiger partial charge in [-0.25, -0.2) is 4.39 Å². The fraction of sp³-hybridized carbons (Fsp3) is 0.333. The molecule has 0 heterocycles. The van der Waals surface area contributed by atoms with Crippen LogP contribution in [0.1, 0.15) is 45.5 Å². The second-order valence-corrected chi connectivity index (χ2v) is 6.51. The van der Waals surface area contributed by atoms with E-state index in [1.54, 1.807) is 24.3 Å². The number of rotatable bonds is 9. The van der Waals surface area contributed by atoms with Crippen LogP contribution in [0, 0.1) is 11.7 Å². The Morgan fingerprint density at radius 3 is 2.42 bits per heavy atom. The second-order valence-electron chi connectivity index (χ2n) is 6.51. The fourth-order valence-corrected chi connectivity index (χ4v) is 2.64. The standard InChI is InChI=1S/C21H22FNO3/c22-17-10-8-16(9-11-17)20(24)18-4-1-2-5-19(18)21(25)23-12-3-13-26-14-15-6-7-15/h1-2,4-5,8-11,15H,3,6-7,12-14H2,(H,23,25). The smallest absolute Gasteiger partial charge is 0.252 e. The van der Waals surface area contributed by atoms with E-state index in [1.165, 1.54) is 37.1 Å². The molecule has 2 aromatic carbocycles. The number of benzene rings is 2. The minimum atomic E-state index is -0.406. The Bertz CT molecular complexity index is 769. The SMILES string of the molecule is O=C(NCCCOCC1CC1)c1ccccc1C(=O)c1ccc(F)cc1. The highest BCUT2D eigenvalue weighted by Crippen LogP contribution is 2.28. The zero-order valence-corrected chi connectivity index (χ0v) is 14.5. The average molecular weight is 355 g/mol. The Morgan fingerprint density at radius 1 is 1.04 bits per heavy atom. The number of ketones is 1. The van der Waals surface area contributed by atoms with Crippen molar-refractivity contribution in [2.75, 3.05) is 19.8 Å². The number of halogens is 1. The fourth-order valence-electron chi connectivity index (χ4n) is 2.64. The quantitative estimate of drug-likeness (QED) is 0.552. The second kappa shape index (κ2) is 8.72. The lowest BCUT2D eigenvalue weighted by molar-refractivity contribution is 0.0927. The number of ether oxygens (including phenoxy) is 1. The molecule has 1 fully saturated rings. The molecule has 5 heteroatoms. The Hall–Kier alpha value is -2.53. The van der Waals surface area contributed by atoms with Crippen molar-refractivity contribution in [3.63, 3.8) is 0 Å². The molecule has 0 aromatic heterocycles. The van der Waals surface area contributed by atoms with Crippen molar-refractivity contribution in [2.45, 2.75) is 19.3 Å². The van der Waals surface area contributed by atoms with Crippen LogP contribution in [0.15, 0.2) is 48.5 Å². The van der Waals surface area contributed by atoms with Gasteiger partial charge in [0.25, 0.3) is 5.91 Å². The van der Waals surface area contributed by atoms with E-state index in [9.17, 15) is 14.0 Å². The molecule has 1 amide bonds. The normalized spacial score (nSPS) is 13.4. The summed E-state index contributed by atoms with van der Waals surface area (Å²) < 4.78 is 18.6. The van der Waals surface area contributed by atoms with Crippen molar-refractivity contribution in [2.24, 2.45) is 5.92 Å². The van der Waals surface area contributed by atoms with Gasteiger partial charge < -0.3 is 10.1 Å². The van der Waals surface area contributed by atoms with E-state index in [0.717, 1.165) is 18.9 Å². The van der Waals surface area contributed by atoms with Crippen LogP contribution in [0.4, 0.5) is 4.39 Å². The lowest BCUT2D eigenvalue weighted by Crippen LogP contribution is -2.27. The summed E-state index contributed by atoms with van der Waals surface area (Å²) in [6.07, 6.45) is 3.25. The van der Waals surface area contributed by atoms with Crippen molar-refractivity contribution < 1.29 is 18.7 Å². The van der Waals surface area contributed by atoms with Crippen LogP contribution in [0.25, 0.3) is 0 Å². The van der Waals surface area contributed by atoms with Crippen LogP contribution in [0.2, 0.25) is 0 Å². The number of amides is 1. The van der Waals surface area contributed by atoms with E-state index in [0.29, 0.717) is 29.8 Å². The van der Waals surface area contributed by atoms with Gasteiger partial charge in [-0.05, 0) is 55.5 Å². The monoisotopic (exact) mass is 355 g/mol. The first-order valence-corrected chi connectivity index (χ1v) is 8.90. The molecule has 0 saturated heterocycles. The minimum Gasteiger partial charge on any atom is -0.381 e. The molecule has 0 atom stereocenters. The van der Waals surface area contributed by atoms with Gasteiger partial charge >= 0.3 is 0 Å². The molecule has 0 aliphatic heterocycles. The summed E-state index contributed by atoms with van der Waals surface area (Å²) in [6.45, 7) is 1.92. The zero-order chi connectivity index (χ0) is 18.4. The topological polar surface area (TPSA) is 55.4 Å². The highest BCUT2D eigenvalue weighted by molar-refractivity contribution is 6.15. The van der Waals surface area contributed by atoms with Crippen LogP contribution in [0.3, 0.4) is 0 Å². The van der Waals surface area contributed by atoms with E-state index in [4.69, 9.17) is 4.74 Å². The summed E-state index contributed by atoms with van der Waals surface area (Å²) in [6, 6.07) is 12.0. The first kappa shape index (κ1) is 18.3. The molecule has 136 valence electrons. The van der Waals surface area contributed by atoms with Crippen molar-refractivity contribution in [1.82, 2.24) is 5.32 Å². The number of hydrogen-bond acceptors (Lipinski definition) is 3. The van der Waals surface area contributed by atoms with Crippen LogP contribution in [-0.4, -0.2) is 31.4 Å². The van der Waals surface area contributed by atoms with E-state index >= 15 is 0 Å². The van der Waals surface area contributed by atoms with Crippen molar-refractivity contribution in [3.8, 4) is 0 Å². The van der Waals surface area contributed by atoms with Gasteiger partial charge in [-0.15, -0.1) is 0 Å². The first-order chi connectivity index (χ1) is 12.6. The Balaban J connectivity index is 1.57. The van der Waals surface area contributed by atoms with Gasteiger partial charge in [-0.1, -0.05) is 18.2 Å². The van der Waals surface area contributed by atoms with Gasteiger partial charge in [0, 0.05) is 30.9 Å². The van der Waals surface area contributed by atoms with Gasteiger partial charge in [0.2, 0.25) is 0 Å². The molecule has 0 spiro atoms. The van der Waals surface area contributed by atoms with E-state index in [2.05, 4.69) is 5.32 Å². The largest absolute Gasteiger partial charge is 0.381 e. The van der Waals surface area contributed by atoms with Gasteiger partial charge in [0.15, 0.2) is 5.78 Å². The lowest BCUT2D eigenvalue weighted by atomic mass is 9.98. The summed E-state index contributed by atoms with van der Waals surface area (Å²) in [5.74, 6) is -0.271. The predicted octanol–water partition coefficient (Wildman–Crippen LogP) is 3.60. The molecular weight excluding hydrogens is 333 g/mol. The van der Waals surface area contributed by atoms with Crippen molar-refractivity contribution >= 4 is 11.7 Å². The minimum absolute atomic E-state index is 0.293. The molecule has 1 N–H and O–H groups in total. The molecule has 1 aliphatic carbocycles. The maximum atomic E-state index is 13.0. The van der Waals surface area contributed by atoms with Gasteiger partial charge in [0.05, 0.1) is 5.56 Å². The molecule has 1 saturated carbocycles. The van der Waals surface area contributed by atoms with E-state index < -0.39 is 5.82 Å². The number of carbonyl (C=O) groups is 2. The lowest BCUT2D eigenvalue weighted by Gasteiger charge is -2.10. The molecule has 2 aromatic rings. The summed E-state index contributed by atoms with van der Waals surface area (Å²) in [5.41, 5.74) is 0.974. The van der Waals surface area contributed by atoms with Crippen molar-refractivity contribution in [3.05, 3.63) is 71.0 Å². The molecule has 1 aliphatic rings. The number of hydrogen-bond donors (Lipinski definition) is 1. The van der Waals surface area contributed by atoms with E-state index in [1.807, 2.05) is 0 Å². The first-order valence-electron chi connectivity index (χ1n) is 8.90. The molecular formula is C21H22FNO3. The third kappa shape index (κ3) is 4.99. The van der Waals surface area contributed by atoms with Crippen molar-refractivity contribution in [1.29, 1.82) is 0 Å². The zero-order valence-electron chi connectivity index (χ0n) is 14.5. The van der Waals surface area contributed by atoms with Gasteiger partial charge in [-0.3, -0.25) is 9.59 Å². The third-order valence-electron chi connectivity index (χ3n) is 4.32. The van der Waals surface area contributed by atoms with Crippen LogP contribution in [0.5, 0.6) is 0 Å². The van der Waals surface area contributed by atoms with Gasteiger partial charge in [0.1, 0.15) is 5.82 Å². The summed E-state index contributed by atoms with van der Waals surface area (Å²) in [7, 11) is 0. The third-order valence-corrected chi connectivity index (χ3v) is 4.32. The number of nitrogens with one attached hydrogen (secondary N) is 1. The van der Waals surface area contributed by atoms with E-state index in [-0.39, 0.29) is 11.7 Å². The van der Waals surface area contributed by atoms with Crippen LogP contribution in [-0.2, 0) is 4.74 Å².